The standard InChI is InChI=1S/C19H17N5O3S/c1-12(25)13-6-7-15(17(20)9-13)10-21-23-19-22-18(11-28-19)14-4-3-5-16(8-14)24(26)27-2/h3-11H,1-2H3,(H2-,20,21,22,23,25)/p+1. The molecule has 0 radical (unpaired) electrons. The maximum atomic E-state index is 11.6. The molecule has 0 bridgehead atoms. The van der Waals surface area contributed by atoms with E-state index < -0.39 is 0 Å². The molecule has 0 spiro atoms. The first-order valence-corrected chi connectivity index (χ1v) is 9.13. The third kappa shape index (κ3) is 4.38. The van der Waals surface area contributed by atoms with E-state index in [1.165, 1.54) is 25.4 Å². The van der Waals surface area contributed by atoms with Crippen LogP contribution in [0.25, 0.3) is 11.3 Å². The Labute approximate surface area is 165 Å². The predicted molar refractivity (Wildman–Crippen MR) is 110 cm³/mol. The third-order valence-corrected chi connectivity index (χ3v) is 4.63. The van der Waals surface area contributed by atoms with Gasteiger partial charge < -0.3 is 5.73 Å². The summed E-state index contributed by atoms with van der Waals surface area (Å²) in [5, 5.41) is 6.58. The van der Waals surface area contributed by atoms with Crippen LogP contribution in [0.1, 0.15) is 22.8 Å². The van der Waals surface area contributed by atoms with E-state index in [1.54, 1.807) is 42.6 Å². The van der Waals surface area contributed by atoms with E-state index in [4.69, 9.17) is 5.73 Å². The smallest absolute Gasteiger partial charge is 0.317 e. The fourth-order valence-corrected chi connectivity index (χ4v) is 3.08. The van der Waals surface area contributed by atoms with E-state index in [9.17, 15) is 9.70 Å². The maximum absolute atomic E-state index is 11.6. The van der Waals surface area contributed by atoms with Crippen LogP contribution in [0.3, 0.4) is 0 Å². The van der Waals surface area contributed by atoms with E-state index in [0.29, 0.717) is 38.3 Å². The first-order chi connectivity index (χ1) is 13.5. The van der Waals surface area contributed by atoms with Crippen molar-refractivity contribution < 1.29 is 14.6 Å². The van der Waals surface area contributed by atoms with Gasteiger partial charge in [0.15, 0.2) is 12.9 Å². The molecule has 0 atom stereocenters. The van der Waals surface area contributed by atoms with Gasteiger partial charge in [-0.15, -0.1) is 11.3 Å². The van der Waals surface area contributed by atoms with E-state index in [1.807, 2.05) is 11.4 Å². The Bertz CT molecular complexity index is 1060. The van der Waals surface area contributed by atoms with Crippen LogP contribution in [0.4, 0.5) is 16.5 Å². The lowest BCUT2D eigenvalue weighted by Gasteiger charge is -2.02. The second kappa shape index (κ2) is 8.40. The van der Waals surface area contributed by atoms with E-state index in [0.717, 1.165) is 5.56 Å². The van der Waals surface area contributed by atoms with Crippen molar-refractivity contribution in [2.45, 2.75) is 6.92 Å². The lowest BCUT2D eigenvalue weighted by molar-refractivity contribution is -0.736. The summed E-state index contributed by atoms with van der Waals surface area (Å²) in [6.45, 7) is 1.49. The van der Waals surface area contributed by atoms with Gasteiger partial charge in [-0.05, 0) is 13.0 Å². The highest BCUT2D eigenvalue weighted by atomic mass is 32.1. The third-order valence-electron chi connectivity index (χ3n) is 3.88. The number of Topliss-reactive ketones (excluding diaryl/α,β-unsaturated/α-hetero) is 1. The van der Waals surface area contributed by atoms with Crippen LogP contribution < -0.4 is 11.2 Å². The number of nitrogens with one attached hydrogen (secondary N) is 1. The number of nitrogen functional groups attached to an aromatic ring is 1. The van der Waals surface area contributed by atoms with Gasteiger partial charge in [0.25, 0.3) is 4.92 Å². The zero-order chi connectivity index (χ0) is 20.1. The SMILES string of the molecule is CO[N+](=O)c1cccc(-c2csc(NN=Cc3ccc(C(C)=O)cc3N)n2)c1. The molecule has 0 saturated carbocycles. The molecule has 2 aromatic carbocycles. The number of hydrogen-bond acceptors (Lipinski definition) is 8. The number of nitrogens with zero attached hydrogens (tertiary/aromatic N) is 3. The summed E-state index contributed by atoms with van der Waals surface area (Å²) in [4.78, 5) is 32.5. The molecule has 0 fully saturated rings. The molecule has 0 aliphatic heterocycles. The van der Waals surface area contributed by atoms with Crippen molar-refractivity contribution in [1.82, 2.24) is 4.98 Å². The second-order valence-corrected chi connectivity index (χ2v) is 6.66. The highest BCUT2D eigenvalue weighted by molar-refractivity contribution is 7.14. The van der Waals surface area contributed by atoms with E-state index in [2.05, 4.69) is 20.3 Å². The van der Waals surface area contributed by atoms with Crippen LogP contribution in [0.15, 0.2) is 52.9 Å². The summed E-state index contributed by atoms with van der Waals surface area (Å²) < 4.78 is 0. The van der Waals surface area contributed by atoms with Gasteiger partial charge in [0.1, 0.15) is 0 Å². The molecule has 3 rings (SSSR count). The van der Waals surface area contributed by atoms with Crippen molar-refractivity contribution in [3.63, 3.8) is 0 Å². The molecule has 142 valence electrons. The van der Waals surface area contributed by atoms with E-state index in [-0.39, 0.29) is 5.78 Å². The van der Waals surface area contributed by atoms with Gasteiger partial charge in [0, 0.05) is 39.9 Å². The largest absolute Gasteiger partial charge is 0.398 e. The van der Waals surface area contributed by atoms with Crippen molar-refractivity contribution in [2.24, 2.45) is 5.10 Å². The molecule has 0 unspecified atom stereocenters. The Kier molecular flexibility index (Phi) is 5.75. The van der Waals surface area contributed by atoms with Crippen molar-refractivity contribution in [2.75, 3.05) is 18.3 Å². The van der Waals surface area contributed by atoms with Crippen molar-refractivity contribution in [1.29, 1.82) is 0 Å². The summed E-state index contributed by atoms with van der Waals surface area (Å²) in [5.41, 5.74) is 12.4. The first-order valence-electron chi connectivity index (χ1n) is 8.25. The van der Waals surface area contributed by atoms with Crippen molar-refractivity contribution in [3.05, 3.63) is 63.9 Å². The number of rotatable bonds is 7. The van der Waals surface area contributed by atoms with Crippen LogP contribution in [-0.4, -0.2) is 29.0 Å². The van der Waals surface area contributed by atoms with Gasteiger partial charge in [-0.2, -0.15) is 5.10 Å². The highest BCUT2D eigenvalue weighted by Crippen LogP contribution is 2.27. The molecule has 0 aliphatic carbocycles. The van der Waals surface area contributed by atoms with Gasteiger partial charge in [-0.1, -0.05) is 24.3 Å². The minimum absolute atomic E-state index is 0.0432. The number of benzene rings is 2. The lowest BCUT2D eigenvalue weighted by atomic mass is 10.1. The van der Waals surface area contributed by atoms with Crippen LogP contribution >= 0.6 is 11.3 Å². The number of hydrazone groups is 1. The Balaban J connectivity index is 1.71. The number of ketones is 1. The summed E-state index contributed by atoms with van der Waals surface area (Å²) in [5.74, 6) is -0.0432. The summed E-state index contributed by atoms with van der Waals surface area (Å²) in [6, 6.07) is 12.0. The topological polar surface area (TPSA) is 110 Å². The maximum Gasteiger partial charge on any atom is 0.317 e. The number of anilines is 2. The molecule has 9 heteroatoms. The average molecular weight is 396 g/mol. The monoisotopic (exact) mass is 396 g/mol. The molecular weight excluding hydrogens is 378 g/mol. The quantitative estimate of drug-likeness (QED) is 0.270. The van der Waals surface area contributed by atoms with E-state index >= 15 is 0 Å². The molecule has 0 amide bonds. The van der Waals surface area contributed by atoms with Crippen LogP contribution in [0.2, 0.25) is 0 Å². The normalized spacial score (nSPS) is 10.8. The lowest BCUT2D eigenvalue weighted by Crippen LogP contribution is -1.99. The zero-order valence-corrected chi connectivity index (χ0v) is 16.1. The number of carbonyl (C=O) groups excluding carboxylic acids is 1. The summed E-state index contributed by atoms with van der Waals surface area (Å²) >= 11 is 1.38. The number of hydrogen-bond donors (Lipinski definition) is 2. The minimum Gasteiger partial charge on any atom is -0.398 e. The number of nitrogens with two attached hydrogens (primary N) is 1. The molecule has 1 heterocycles. The number of aromatic nitrogens is 1. The molecule has 28 heavy (non-hydrogen) atoms. The summed E-state index contributed by atoms with van der Waals surface area (Å²) in [6.07, 6.45) is 1.56. The van der Waals surface area contributed by atoms with Gasteiger partial charge >= 0.3 is 5.69 Å². The van der Waals surface area contributed by atoms with Crippen LogP contribution in [0, 0.1) is 4.91 Å². The highest BCUT2D eigenvalue weighted by Gasteiger charge is 2.15. The zero-order valence-electron chi connectivity index (χ0n) is 15.2. The van der Waals surface area contributed by atoms with Crippen molar-refractivity contribution >= 4 is 39.8 Å². The predicted octanol–water partition coefficient (Wildman–Crippen LogP) is 4.01. The second-order valence-electron chi connectivity index (χ2n) is 5.80. The Hall–Kier alpha value is -3.59. The minimum atomic E-state index is -0.0432. The number of carbonyl (C=O) groups is 1. The van der Waals surface area contributed by atoms with Crippen LogP contribution in [-0.2, 0) is 4.84 Å². The fourth-order valence-electron chi connectivity index (χ4n) is 2.41. The average Bonchev–Trinajstić information content (AvgIpc) is 3.17. The summed E-state index contributed by atoms with van der Waals surface area (Å²) in [7, 11) is 1.31. The molecule has 3 aromatic rings. The Morgan fingerprint density at radius 3 is 2.86 bits per heavy atom. The van der Waals surface area contributed by atoms with Gasteiger partial charge in [0.05, 0.1) is 16.8 Å². The first kappa shape index (κ1) is 19.2. The van der Waals surface area contributed by atoms with Gasteiger partial charge in [-0.3, -0.25) is 10.2 Å². The molecule has 3 N–H and O–H groups in total. The molecule has 0 aliphatic rings. The number of thiazole rings is 1. The fraction of sp³-hybridized carbons (Fsp3) is 0.105. The van der Waals surface area contributed by atoms with Gasteiger partial charge in [-0.25, -0.2) is 9.82 Å². The van der Waals surface area contributed by atoms with Crippen LogP contribution in [0.5, 0.6) is 0 Å². The van der Waals surface area contributed by atoms with Crippen molar-refractivity contribution in [3.8, 4) is 11.3 Å². The Morgan fingerprint density at radius 1 is 1.32 bits per heavy atom. The molecule has 8 nitrogen and oxygen atoms in total. The molecule has 0 saturated heterocycles. The van der Waals surface area contributed by atoms with Gasteiger partial charge in [0.2, 0.25) is 5.13 Å². The Morgan fingerprint density at radius 2 is 2.14 bits per heavy atom. The molecule has 1 aromatic heterocycles. The molecular formula is C19H18N5O3S+.